The van der Waals surface area contributed by atoms with Gasteiger partial charge < -0.3 is 16.0 Å². The van der Waals surface area contributed by atoms with Gasteiger partial charge in [0.05, 0.1) is 16.7 Å². The monoisotopic (exact) mass is 374 g/mol. The minimum Gasteiger partial charge on any atom is -0.338 e. The van der Waals surface area contributed by atoms with Crippen LogP contribution in [0.2, 0.25) is 0 Å². The zero-order valence-electron chi connectivity index (χ0n) is 15.9. The highest BCUT2D eigenvalue weighted by atomic mass is 16.1. The van der Waals surface area contributed by atoms with Crippen LogP contribution in [0.5, 0.6) is 0 Å². The van der Waals surface area contributed by atoms with E-state index in [1.165, 1.54) is 6.42 Å². The standard InChI is InChI=1S/C23H26N4O/c24-21-14-6-5-7-15(21)13-16(12-14)23(28)27-18-9-2-1-8-17(18)22-25-19-10-3-4-11-20(19)26-22/h1-4,8-11,14-16,21H,5-7,12-13,24H2,(H,25,26)(H,27,28). The van der Waals surface area contributed by atoms with Crippen LogP contribution in [0.25, 0.3) is 22.4 Å². The van der Waals surface area contributed by atoms with Crippen LogP contribution in [0.4, 0.5) is 5.69 Å². The van der Waals surface area contributed by atoms with Gasteiger partial charge >= 0.3 is 0 Å². The Morgan fingerprint density at radius 2 is 1.75 bits per heavy atom. The number of hydrogen-bond donors (Lipinski definition) is 3. The molecule has 2 atom stereocenters. The minimum atomic E-state index is 0.0545. The number of nitrogens with two attached hydrogens (primary N) is 1. The lowest BCUT2D eigenvalue weighted by Gasteiger charge is -2.43. The molecule has 2 unspecified atom stereocenters. The quantitative estimate of drug-likeness (QED) is 0.638. The molecule has 5 nitrogen and oxygen atoms in total. The van der Waals surface area contributed by atoms with Crippen LogP contribution < -0.4 is 11.1 Å². The number of anilines is 1. The van der Waals surface area contributed by atoms with Gasteiger partial charge in [0.1, 0.15) is 5.82 Å². The van der Waals surface area contributed by atoms with Gasteiger partial charge in [0.25, 0.3) is 0 Å². The van der Waals surface area contributed by atoms with Crippen molar-refractivity contribution < 1.29 is 4.79 Å². The molecule has 5 rings (SSSR count). The first-order valence-corrected chi connectivity index (χ1v) is 10.3. The molecule has 0 saturated heterocycles. The first kappa shape index (κ1) is 17.4. The number of benzene rings is 2. The second-order valence-corrected chi connectivity index (χ2v) is 8.33. The van der Waals surface area contributed by atoms with E-state index in [2.05, 4.69) is 10.3 Å². The lowest BCUT2D eigenvalue weighted by molar-refractivity contribution is -0.122. The molecule has 2 saturated carbocycles. The summed E-state index contributed by atoms with van der Waals surface area (Å²) in [4.78, 5) is 21.1. The number of amides is 1. The molecule has 144 valence electrons. The molecule has 28 heavy (non-hydrogen) atoms. The highest BCUT2D eigenvalue weighted by Gasteiger charge is 2.40. The summed E-state index contributed by atoms with van der Waals surface area (Å²) in [7, 11) is 0. The first-order chi connectivity index (χ1) is 13.7. The van der Waals surface area contributed by atoms with Gasteiger partial charge in [-0.1, -0.05) is 30.7 Å². The number of H-pyrrole nitrogens is 1. The van der Waals surface area contributed by atoms with Crippen LogP contribution in [-0.2, 0) is 4.79 Å². The zero-order chi connectivity index (χ0) is 19.1. The van der Waals surface area contributed by atoms with Crippen molar-refractivity contribution in [3.63, 3.8) is 0 Å². The molecule has 1 aromatic heterocycles. The van der Waals surface area contributed by atoms with Crippen molar-refractivity contribution in [3.05, 3.63) is 48.5 Å². The molecule has 5 heteroatoms. The molecule has 0 spiro atoms. The van der Waals surface area contributed by atoms with E-state index in [9.17, 15) is 4.79 Å². The van der Waals surface area contributed by atoms with Gasteiger partial charge in [0.2, 0.25) is 5.91 Å². The fourth-order valence-corrected chi connectivity index (χ4v) is 5.12. The third-order valence-electron chi connectivity index (χ3n) is 6.61. The number of fused-ring (bicyclic) bond motifs is 3. The Morgan fingerprint density at radius 3 is 2.54 bits per heavy atom. The maximum Gasteiger partial charge on any atom is 0.227 e. The Balaban J connectivity index is 1.39. The molecule has 1 heterocycles. The lowest BCUT2D eigenvalue weighted by Crippen LogP contribution is -2.48. The van der Waals surface area contributed by atoms with Crippen LogP contribution >= 0.6 is 0 Å². The van der Waals surface area contributed by atoms with Gasteiger partial charge in [-0.25, -0.2) is 4.98 Å². The van der Waals surface area contributed by atoms with Crippen molar-refractivity contribution in [1.29, 1.82) is 0 Å². The SMILES string of the molecule is NC1C2CCCC1CC(C(=O)Nc1ccccc1-c1nc3ccccc3[nH]1)C2. The number of para-hydroxylation sites is 3. The summed E-state index contributed by atoms with van der Waals surface area (Å²) >= 11 is 0. The number of imidazole rings is 1. The summed E-state index contributed by atoms with van der Waals surface area (Å²) in [5.41, 5.74) is 10.0. The average Bonchev–Trinajstić information content (AvgIpc) is 3.12. The molecule has 2 aromatic carbocycles. The van der Waals surface area contributed by atoms with Crippen LogP contribution in [0.3, 0.4) is 0 Å². The van der Waals surface area contributed by atoms with Gasteiger partial charge in [0, 0.05) is 17.5 Å². The van der Waals surface area contributed by atoms with Crippen molar-refractivity contribution >= 4 is 22.6 Å². The second kappa shape index (κ2) is 7.06. The van der Waals surface area contributed by atoms with Gasteiger partial charge in [0.15, 0.2) is 0 Å². The number of hydrogen-bond acceptors (Lipinski definition) is 3. The topological polar surface area (TPSA) is 83.8 Å². The second-order valence-electron chi connectivity index (χ2n) is 8.33. The van der Waals surface area contributed by atoms with Crippen molar-refractivity contribution in [1.82, 2.24) is 9.97 Å². The summed E-state index contributed by atoms with van der Waals surface area (Å²) in [6.07, 6.45) is 5.41. The molecule has 0 aliphatic heterocycles. The maximum atomic E-state index is 13.1. The number of rotatable bonds is 3. The summed E-state index contributed by atoms with van der Waals surface area (Å²) in [5.74, 6) is 1.94. The molecular formula is C23H26N4O. The predicted octanol–water partition coefficient (Wildman–Crippen LogP) is 4.32. The van der Waals surface area contributed by atoms with E-state index < -0.39 is 0 Å². The van der Waals surface area contributed by atoms with E-state index in [1.54, 1.807) is 0 Å². The van der Waals surface area contributed by atoms with Crippen LogP contribution in [0.15, 0.2) is 48.5 Å². The number of aromatic amines is 1. The zero-order valence-corrected chi connectivity index (χ0v) is 15.9. The number of carbonyl (C=O) groups excluding carboxylic acids is 1. The van der Waals surface area contributed by atoms with Crippen molar-refractivity contribution in [3.8, 4) is 11.4 Å². The fourth-order valence-electron chi connectivity index (χ4n) is 5.12. The van der Waals surface area contributed by atoms with E-state index in [-0.39, 0.29) is 17.9 Å². The highest BCUT2D eigenvalue weighted by molar-refractivity contribution is 5.96. The largest absolute Gasteiger partial charge is 0.338 e. The van der Waals surface area contributed by atoms with Gasteiger partial charge in [-0.05, 0) is 61.8 Å². The highest BCUT2D eigenvalue weighted by Crippen LogP contribution is 2.42. The van der Waals surface area contributed by atoms with Gasteiger partial charge in [-0.2, -0.15) is 0 Å². The van der Waals surface area contributed by atoms with Crippen LogP contribution in [0.1, 0.15) is 32.1 Å². The third-order valence-corrected chi connectivity index (χ3v) is 6.61. The third kappa shape index (κ3) is 3.10. The number of nitrogens with zero attached hydrogens (tertiary/aromatic N) is 1. The van der Waals surface area contributed by atoms with E-state index in [1.807, 2.05) is 48.5 Å². The molecule has 2 bridgehead atoms. The summed E-state index contributed by atoms with van der Waals surface area (Å²) in [5, 5.41) is 3.19. The maximum absolute atomic E-state index is 13.1. The molecule has 3 aromatic rings. The Labute approximate surface area is 164 Å². The van der Waals surface area contributed by atoms with Crippen LogP contribution in [-0.4, -0.2) is 21.9 Å². The molecular weight excluding hydrogens is 348 g/mol. The van der Waals surface area contributed by atoms with E-state index >= 15 is 0 Å². The Morgan fingerprint density at radius 1 is 1.04 bits per heavy atom. The Hall–Kier alpha value is -2.66. The number of aromatic nitrogens is 2. The first-order valence-electron chi connectivity index (χ1n) is 10.3. The average molecular weight is 374 g/mol. The normalized spacial score (nSPS) is 26.9. The fraction of sp³-hybridized carbons (Fsp3) is 0.391. The van der Waals surface area contributed by atoms with Crippen molar-refractivity contribution in [2.75, 3.05) is 5.32 Å². The molecule has 0 radical (unpaired) electrons. The summed E-state index contributed by atoms with van der Waals surface area (Å²) in [6.45, 7) is 0. The van der Waals surface area contributed by atoms with Crippen molar-refractivity contribution in [2.45, 2.75) is 38.1 Å². The Kier molecular flexibility index (Phi) is 4.40. The smallest absolute Gasteiger partial charge is 0.227 e. The molecule has 4 N–H and O–H groups in total. The summed E-state index contributed by atoms with van der Waals surface area (Å²) in [6, 6.07) is 16.1. The molecule has 2 aliphatic carbocycles. The van der Waals surface area contributed by atoms with Crippen LogP contribution in [0, 0.1) is 17.8 Å². The molecule has 2 aliphatic rings. The molecule has 2 fully saturated rings. The van der Waals surface area contributed by atoms with E-state index in [0.717, 1.165) is 53.8 Å². The summed E-state index contributed by atoms with van der Waals surface area (Å²) < 4.78 is 0. The van der Waals surface area contributed by atoms with Gasteiger partial charge in [-0.3, -0.25) is 4.79 Å². The van der Waals surface area contributed by atoms with E-state index in [4.69, 9.17) is 10.7 Å². The minimum absolute atomic E-state index is 0.0545. The Bertz CT molecular complexity index is 964. The predicted molar refractivity (Wildman–Crippen MR) is 112 cm³/mol. The molecule has 1 amide bonds. The number of nitrogens with one attached hydrogen (secondary N) is 2. The van der Waals surface area contributed by atoms with Gasteiger partial charge in [-0.15, -0.1) is 0 Å². The number of carbonyl (C=O) groups is 1. The van der Waals surface area contributed by atoms with Crippen molar-refractivity contribution in [2.24, 2.45) is 23.5 Å². The lowest BCUT2D eigenvalue weighted by atomic mass is 9.65. The van der Waals surface area contributed by atoms with E-state index in [0.29, 0.717) is 11.8 Å².